The van der Waals surface area contributed by atoms with Gasteiger partial charge in [-0.1, -0.05) is 18.2 Å². The van der Waals surface area contributed by atoms with Crippen molar-refractivity contribution in [3.63, 3.8) is 0 Å². The van der Waals surface area contributed by atoms with Crippen molar-refractivity contribution in [2.75, 3.05) is 11.9 Å². The molecule has 2 aromatic rings. The molecule has 11 heteroatoms. The number of alkyl halides is 3. The maximum Gasteiger partial charge on any atom is 0.503 e. The van der Waals surface area contributed by atoms with Crippen molar-refractivity contribution in [2.45, 2.75) is 10.5 Å². The summed E-state index contributed by atoms with van der Waals surface area (Å²) < 4.78 is 64.4. The quantitative estimate of drug-likeness (QED) is 0.856. The van der Waals surface area contributed by atoms with Gasteiger partial charge in [0.25, 0.3) is 15.7 Å². The molecule has 1 amide bonds. The Kier molecular flexibility index (Phi) is 4.59. The summed E-state index contributed by atoms with van der Waals surface area (Å²) in [5.41, 5.74) is -5.46. The molecular formula is C12H10F3N3O4S. The van der Waals surface area contributed by atoms with Gasteiger partial charge in [0, 0.05) is 6.07 Å². The average Bonchev–Trinajstić information content (AvgIpc) is 2.94. The lowest BCUT2D eigenvalue weighted by Gasteiger charge is -2.05. The molecule has 2 N–H and O–H groups in total. The zero-order chi connectivity index (χ0) is 17.1. The number of sulfone groups is 1. The second-order valence-electron chi connectivity index (χ2n) is 4.22. The number of aromatic nitrogens is 2. The van der Waals surface area contributed by atoms with Crippen LogP contribution in [0.25, 0.3) is 0 Å². The molecule has 1 aromatic heterocycles. The minimum Gasteiger partial charge on any atom is -0.484 e. The highest BCUT2D eigenvalue weighted by Gasteiger charge is 2.48. The van der Waals surface area contributed by atoms with Gasteiger partial charge in [-0.3, -0.25) is 9.89 Å². The van der Waals surface area contributed by atoms with E-state index in [0.29, 0.717) is 11.8 Å². The van der Waals surface area contributed by atoms with Gasteiger partial charge in [-0.05, 0) is 12.1 Å². The van der Waals surface area contributed by atoms with Crippen LogP contribution in [0.3, 0.4) is 0 Å². The molecule has 7 nitrogen and oxygen atoms in total. The van der Waals surface area contributed by atoms with Crippen LogP contribution < -0.4 is 10.1 Å². The Morgan fingerprint density at radius 2 is 1.91 bits per heavy atom. The summed E-state index contributed by atoms with van der Waals surface area (Å²) in [5.74, 6) is -0.657. The zero-order valence-corrected chi connectivity index (χ0v) is 12.1. The Labute approximate surface area is 128 Å². The van der Waals surface area contributed by atoms with Gasteiger partial charge in [0.15, 0.2) is 17.5 Å². The first kappa shape index (κ1) is 16.8. The molecule has 0 saturated heterocycles. The average molecular weight is 349 g/mol. The summed E-state index contributed by atoms with van der Waals surface area (Å²) in [6.45, 7) is -0.418. The van der Waals surface area contributed by atoms with E-state index in [-0.39, 0.29) is 5.82 Å². The van der Waals surface area contributed by atoms with Gasteiger partial charge in [-0.15, -0.1) is 0 Å². The van der Waals surface area contributed by atoms with Crippen molar-refractivity contribution < 1.29 is 31.1 Å². The fourth-order valence-electron chi connectivity index (χ4n) is 1.47. The zero-order valence-electron chi connectivity index (χ0n) is 11.3. The molecule has 2 rings (SSSR count). The monoisotopic (exact) mass is 349 g/mol. The number of anilines is 1. The van der Waals surface area contributed by atoms with E-state index in [2.05, 4.69) is 10.4 Å². The highest BCUT2D eigenvalue weighted by Crippen LogP contribution is 2.29. The van der Waals surface area contributed by atoms with Crippen molar-refractivity contribution in [3.8, 4) is 5.75 Å². The fraction of sp³-hybridized carbons (Fsp3) is 0.167. The van der Waals surface area contributed by atoms with Crippen molar-refractivity contribution in [3.05, 3.63) is 36.4 Å². The molecule has 124 valence electrons. The number of aromatic amines is 1. The Hall–Kier alpha value is -2.56. The maximum atomic E-state index is 12.4. The van der Waals surface area contributed by atoms with E-state index < -0.39 is 32.9 Å². The first-order valence-electron chi connectivity index (χ1n) is 6.04. The lowest BCUT2D eigenvalue weighted by molar-refractivity contribution is -0.118. The minimum atomic E-state index is -5.55. The minimum absolute atomic E-state index is 0.366. The van der Waals surface area contributed by atoms with Crippen molar-refractivity contribution in [1.29, 1.82) is 0 Å². The third kappa shape index (κ3) is 4.00. The van der Waals surface area contributed by atoms with E-state index in [0.717, 1.165) is 0 Å². The first-order chi connectivity index (χ1) is 10.7. The molecule has 1 heterocycles. The molecule has 0 atom stereocenters. The van der Waals surface area contributed by atoms with Crippen LogP contribution in [0.2, 0.25) is 0 Å². The summed E-state index contributed by atoms with van der Waals surface area (Å²) in [6.07, 6.45) is 0. The van der Waals surface area contributed by atoms with Crippen LogP contribution in [-0.4, -0.2) is 36.6 Å². The lowest BCUT2D eigenvalue weighted by Crippen LogP contribution is -2.23. The van der Waals surface area contributed by atoms with Gasteiger partial charge in [0.2, 0.25) is 0 Å². The highest BCUT2D eigenvalue weighted by molar-refractivity contribution is 7.92. The number of nitrogens with zero attached hydrogens (tertiary/aromatic N) is 1. The van der Waals surface area contributed by atoms with Gasteiger partial charge in [-0.2, -0.15) is 18.3 Å². The van der Waals surface area contributed by atoms with Crippen LogP contribution in [0.4, 0.5) is 19.0 Å². The molecule has 0 aliphatic carbocycles. The van der Waals surface area contributed by atoms with Gasteiger partial charge >= 0.3 is 5.51 Å². The molecule has 0 fully saturated rings. The Bertz CT molecular complexity index is 787. The number of para-hydroxylation sites is 1. The number of amides is 1. The van der Waals surface area contributed by atoms with Gasteiger partial charge < -0.3 is 10.1 Å². The van der Waals surface area contributed by atoms with Crippen LogP contribution >= 0.6 is 0 Å². The summed E-state index contributed by atoms with van der Waals surface area (Å²) in [6, 6.07) is 8.92. The Morgan fingerprint density at radius 3 is 2.52 bits per heavy atom. The van der Waals surface area contributed by atoms with Gasteiger partial charge in [0.05, 0.1) is 0 Å². The van der Waals surface area contributed by atoms with Crippen LogP contribution in [0.5, 0.6) is 5.75 Å². The molecule has 0 unspecified atom stereocenters. The fourth-order valence-corrected chi connectivity index (χ4v) is 2.16. The normalized spacial score (nSPS) is 12.0. The molecular weight excluding hydrogens is 339 g/mol. The lowest BCUT2D eigenvalue weighted by atomic mass is 10.3. The smallest absolute Gasteiger partial charge is 0.484 e. The molecule has 1 aromatic carbocycles. The van der Waals surface area contributed by atoms with E-state index in [4.69, 9.17) is 4.74 Å². The van der Waals surface area contributed by atoms with Gasteiger partial charge in [0.1, 0.15) is 5.75 Å². The van der Waals surface area contributed by atoms with Crippen LogP contribution in [-0.2, 0) is 14.6 Å². The van der Waals surface area contributed by atoms with E-state index in [1.807, 2.05) is 0 Å². The topological polar surface area (TPSA) is 101 Å². The summed E-state index contributed by atoms with van der Waals surface area (Å²) in [7, 11) is -5.55. The number of rotatable bonds is 5. The molecule has 0 aliphatic rings. The van der Waals surface area contributed by atoms with Crippen LogP contribution in [0.15, 0.2) is 41.4 Å². The molecule has 0 radical (unpaired) electrons. The second kappa shape index (κ2) is 6.28. The Balaban J connectivity index is 1.98. The summed E-state index contributed by atoms with van der Waals surface area (Å²) in [4.78, 5) is 11.6. The predicted octanol–water partition coefficient (Wildman–Crippen LogP) is 1.72. The van der Waals surface area contributed by atoms with Crippen molar-refractivity contribution >= 4 is 21.6 Å². The molecule has 0 bridgehead atoms. The number of H-pyrrole nitrogens is 1. The summed E-state index contributed by atoms with van der Waals surface area (Å²) in [5, 5.41) is 5.97. The predicted molar refractivity (Wildman–Crippen MR) is 72.4 cm³/mol. The van der Waals surface area contributed by atoms with Gasteiger partial charge in [-0.25, -0.2) is 8.42 Å². The molecule has 0 aliphatic heterocycles. The number of hydrogen-bond acceptors (Lipinski definition) is 5. The summed E-state index contributed by atoms with van der Waals surface area (Å²) >= 11 is 0. The van der Waals surface area contributed by atoms with E-state index in [9.17, 15) is 26.4 Å². The highest BCUT2D eigenvalue weighted by atomic mass is 32.2. The SMILES string of the molecule is O=C(COc1ccccc1)Nc1cc(S(=O)(=O)C(F)(F)F)[nH]n1. The number of carbonyl (C=O) groups is 1. The maximum absolute atomic E-state index is 12.4. The number of benzene rings is 1. The second-order valence-corrected chi connectivity index (χ2v) is 6.13. The Morgan fingerprint density at radius 1 is 1.26 bits per heavy atom. The van der Waals surface area contributed by atoms with E-state index >= 15 is 0 Å². The largest absolute Gasteiger partial charge is 0.503 e. The van der Waals surface area contributed by atoms with Crippen LogP contribution in [0.1, 0.15) is 0 Å². The number of carbonyl (C=O) groups excluding carboxylic acids is 1. The first-order valence-corrected chi connectivity index (χ1v) is 7.53. The van der Waals surface area contributed by atoms with E-state index in [1.54, 1.807) is 35.4 Å². The van der Waals surface area contributed by atoms with E-state index in [1.165, 1.54) is 0 Å². The number of ether oxygens (including phenoxy) is 1. The standard InChI is InChI=1S/C12H10F3N3O4S/c13-12(14,15)23(20,21)11-6-9(17-18-11)16-10(19)7-22-8-4-2-1-3-5-8/h1-6H,7H2,(H2,16,17,18,19). The van der Waals surface area contributed by atoms with Crippen molar-refractivity contribution in [1.82, 2.24) is 10.2 Å². The molecule has 0 spiro atoms. The van der Waals surface area contributed by atoms with Crippen LogP contribution in [0, 0.1) is 0 Å². The third-order valence-corrected chi connectivity index (χ3v) is 3.93. The molecule has 0 saturated carbocycles. The molecule has 23 heavy (non-hydrogen) atoms. The third-order valence-electron chi connectivity index (χ3n) is 2.53. The number of hydrogen-bond donors (Lipinski definition) is 2. The number of nitrogens with one attached hydrogen (secondary N) is 2. The van der Waals surface area contributed by atoms with Crippen molar-refractivity contribution in [2.24, 2.45) is 0 Å². The number of halogens is 3.